The number of nitrogens with zero attached hydrogens (tertiary/aromatic N) is 2. The van der Waals surface area contributed by atoms with Crippen LogP contribution in [-0.2, 0) is 11.2 Å². The van der Waals surface area contributed by atoms with Gasteiger partial charge >= 0.3 is 6.09 Å². The number of H-pyrrole nitrogens is 1. The van der Waals surface area contributed by atoms with Crippen LogP contribution in [-0.4, -0.2) is 29.9 Å². The minimum absolute atomic E-state index is 0.263. The quantitative estimate of drug-likeness (QED) is 0.908. The molecule has 0 saturated heterocycles. The molecule has 0 bridgehead atoms. The summed E-state index contributed by atoms with van der Waals surface area (Å²) in [6, 6.07) is 7.48. The van der Waals surface area contributed by atoms with Gasteiger partial charge < -0.3 is 4.74 Å². The first-order valence-electron chi connectivity index (χ1n) is 5.92. The third-order valence-electron chi connectivity index (χ3n) is 2.74. The first-order valence-corrected chi connectivity index (χ1v) is 7.09. The second kappa shape index (κ2) is 6.76. The summed E-state index contributed by atoms with van der Waals surface area (Å²) in [7, 11) is 1.61. The second-order valence-corrected chi connectivity index (χ2v) is 5.34. The number of aromatic amines is 1. The Morgan fingerprint density at radius 2 is 2.25 bits per heavy atom. The molecule has 2 rings (SSSR count). The fourth-order valence-corrected chi connectivity index (χ4v) is 2.32. The van der Waals surface area contributed by atoms with Crippen molar-refractivity contribution >= 4 is 39.4 Å². The maximum Gasteiger partial charge on any atom is 0.415 e. The summed E-state index contributed by atoms with van der Waals surface area (Å²) in [6.07, 6.45) is 1.69. The second-order valence-electron chi connectivity index (χ2n) is 4.08. The van der Waals surface area contributed by atoms with E-state index < -0.39 is 6.09 Å². The molecule has 2 aromatic rings. The molecule has 0 radical (unpaired) electrons. The van der Waals surface area contributed by atoms with Gasteiger partial charge in [-0.3, -0.25) is 10.00 Å². The van der Waals surface area contributed by atoms with Crippen LogP contribution < -0.4 is 4.90 Å². The van der Waals surface area contributed by atoms with Crippen LogP contribution in [0.3, 0.4) is 0 Å². The summed E-state index contributed by atoms with van der Waals surface area (Å²) < 4.78 is 5.90. The average molecular weight is 359 g/mol. The van der Waals surface area contributed by atoms with Crippen LogP contribution in [0.15, 0.2) is 34.9 Å². The van der Waals surface area contributed by atoms with Crippen molar-refractivity contribution in [2.75, 3.05) is 18.6 Å². The third kappa shape index (κ3) is 3.52. The van der Waals surface area contributed by atoms with Gasteiger partial charge in [0.25, 0.3) is 0 Å². The topological polar surface area (TPSA) is 58.2 Å². The first-order chi connectivity index (χ1) is 9.59. The largest absolute Gasteiger partial charge is 0.449 e. The van der Waals surface area contributed by atoms with Gasteiger partial charge in [0.2, 0.25) is 0 Å². The van der Waals surface area contributed by atoms with E-state index in [9.17, 15) is 4.79 Å². The molecule has 0 aliphatic carbocycles. The molecule has 0 unspecified atom stereocenters. The molecular formula is C13H13BrClN3O2. The number of hydrogen-bond acceptors (Lipinski definition) is 3. The van der Waals surface area contributed by atoms with Gasteiger partial charge in [0.05, 0.1) is 17.3 Å². The number of carbonyl (C=O) groups is 1. The van der Waals surface area contributed by atoms with Crippen molar-refractivity contribution in [1.29, 1.82) is 0 Å². The Balaban J connectivity index is 1.87. The first kappa shape index (κ1) is 14.9. The van der Waals surface area contributed by atoms with Crippen molar-refractivity contribution in [2.45, 2.75) is 6.42 Å². The SMILES string of the molecule is CN(C(=O)OCCc1ccccc1Cl)c1[nH]ncc1Br. The van der Waals surface area contributed by atoms with Gasteiger partial charge in [-0.15, -0.1) is 0 Å². The number of rotatable bonds is 4. The highest BCUT2D eigenvalue weighted by molar-refractivity contribution is 9.10. The summed E-state index contributed by atoms with van der Waals surface area (Å²) in [5.74, 6) is 0.549. The molecule has 0 fully saturated rings. The van der Waals surface area contributed by atoms with E-state index in [4.69, 9.17) is 16.3 Å². The van der Waals surface area contributed by atoms with Crippen LogP contribution >= 0.6 is 27.5 Å². The Hall–Kier alpha value is -1.53. The summed E-state index contributed by atoms with van der Waals surface area (Å²) >= 11 is 9.32. The standard InChI is InChI=1S/C13H13BrClN3O2/c1-18(12-10(14)8-16-17-12)13(19)20-7-6-9-4-2-3-5-11(9)15/h2-5,8H,6-7H2,1H3,(H,16,17). The summed E-state index contributed by atoms with van der Waals surface area (Å²) in [5, 5.41) is 7.21. The van der Waals surface area contributed by atoms with E-state index in [1.54, 1.807) is 13.2 Å². The van der Waals surface area contributed by atoms with Crippen LogP contribution in [0.2, 0.25) is 5.02 Å². The molecule has 0 atom stereocenters. The normalized spacial score (nSPS) is 10.3. The molecule has 1 heterocycles. The molecule has 106 valence electrons. The Morgan fingerprint density at radius 1 is 1.50 bits per heavy atom. The van der Waals surface area contributed by atoms with Gasteiger partial charge in [0, 0.05) is 18.5 Å². The molecular weight excluding hydrogens is 346 g/mol. The van der Waals surface area contributed by atoms with Gasteiger partial charge in [0.1, 0.15) is 5.82 Å². The number of ether oxygens (including phenoxy) is 1. The van der Waals surface area contributed by atoms with Crippen LogP contribution in [0, 0.1) is 0 Å². The predicted molar refractivity (Wildman–Crippen MR) is 81.2 cm³/mol. The minimum atomic E-state index is -0.456. The molecule has 20 heavy (non-hydrogen) atoms. The minimum Gasteiger partial charge on any atom is -0.449 e. The van der Waals surface area contributed by atoms with Crippen molar-refractivity contribution < 1.29 is 9.53 Å². The molecule has 0 aliphatic heterocycles. The third-order valence-corrected chi connectivity index (χ3v) is 3.69. The maximum atomic E-state index is 11.9. The lowest BCUT2D eigenvalue weighted by Crippen LogP contribution is -2.28. The number of aromatic nitrogens is 2. The molecule has 5 nitrogen and oxygen atoms in total. The van der Waals surface area contributed by atoms with Gasteiger partial charge in [-0.25, -0.2) is 4.79 Å². The predicted octanol–water partition coefficient (Wildman–Crippen LogP) is 3.64. The summed E-state index contributed by atoms with van der Waals surface area (Å²) in [4.78, 5) is 13.2. The lowest BCUT2D eigenvalue weighted by Gasteiger charge is -2.15. The molecule has 7 heteroatoms. The van der Waals surface area contributed by atoms with E-state index in [0.29, 0.717) is 21.7 Å². The van der Waals surface area contributed by atoms with Crippen LogP contribution in [0.4, 0.5) is 10.6 Å². The number of hydrogen-bond donors (Lipinski definition) is 1. The van der Waals surface area contributed by atoms with E-state index in [-0.39, 0.29) is 6.61 Å². The van der Waals surface area contributed by atoms with Crippen molar-refractivity contribution in [3.63, 3.8) is 0 Å². The maximum absolute atomic E-state index is 11.9. The fourth-order valence-electron chi connectivity index (χ4n) is 1.64. The number of amides is 1. The van der Waals surface area contributed by atoms with E-state index in [1.807, 2.05) is 24.3 Å². The van der Waals surface area contributed by atoms with Crippen molar-refractivity contribution in [1.82, 2.24) is 10.2 Å². The molecule has 1 N–H and O–H groups in total. The number of carbonyl (C=O) groups excluding carboxylic acids is 1. The van der Waals surface area contributed by atoms with Crippen molar-refractivity contribution in [2.24, 2.45) is 0 Å². The van der Waals surface area contributed by atoms with Crippen LogP contribution in [0.1, 0.15) is 5.56 Å². The molecule has 1 aromatic heterocycles. The molecule has 1 aromatic carbocycles. The Labute approximate surface area is 130 Å². The summed E-state index contributed by atoms with van der Waals surface area (Å²) in [5.41, 5.74) is 0.951. The lowest BCUT2D eigenvalue weighted by atomic mass is 10.2. The van der Waals surface area contributed by atoms with Gasteiger partial charge in [-0.05, 0) is 27.6 Å². The van der Waals surface area contributed by atoms with Gasteiger partial charge in [-0.2, -0.15) is 5.10 Å². The lowest BCUT2D eigenvalue weighted by molar-refractivity contribution is 0.156. The highest BCUT2D eigenvalue weighted by Gasteiger charge is 2.16. The van der Waals surface area contributed by atoms with E-state index in [1.165, 1.54) is 4.90 Å². The highest BCUT2D eigenvalue weighted by Crippen LogP contribution is 2.22. The van der Waals surface area contributed by atoms with Crippen molar-refractivity contribution in [3.8, 4) is 0 Å². The molecule has 0 saturated carbocycles. The van der Waals surface area contributed by atoms with Crippen LogP contribution in [0.5, 0.6) is 0 Å². The van der Waals surface area contributed by atoms with Crippen LogP contribution in [0.25, 0.3) is 0 Å². The smallest absolute Gasteiger partial charge is 0.415 e. The fraction of sp³-hybridized carbons (Fsp3) is 0.231. The molecule has 1 amide bonds. The molecule has 0 spiro atoms. The van der Waals surface area contributed by atoms with E-state index in [0.717, 1.165) is 5.56 Å². The van der Waals surface area contributed by atoms with E-state index >= 15 is 0 Å². The molecule has 0 aliphatic rings. The Morgan fingerprint density at radius 3 is 2.90 bits per heavy atom. The summed E-state index contributed by atoms with van der Waals surface area (Å²) in [6.45, 7) is 0.263. The monoisotopic (exact) mass is 357 g/mol. The average Bonchev–Trinajstić information content (AvgIpc) is 2.86. The zero-order valence-corrected chi connectivity index (χ0v) is 13.1. The van der Waals surface area contributed by atoms with Crippen molar-refractivity contribution in [3.05, 3.63) is 45.5 Å². The highest BCUT2D eigenvalue weighted by atomic mass is 79.9. The van der Waals surface area contributed by atoms with E-state index in [2.05, 4.69) is 26.1 Å². The zero-order chi connectivity index (χ0) is 14.5. The number of nitrogens with one attached hydrogen (secondary N) is 1. The Bertz CT molecular complexity index is 603. The number of anilines is 1. The van der Waals surface area contributed by atoms with Gasteiger partial charge in [0.15, 0.2) is 0 Å². The number of benzene rings is 1. The zero-order valence-electron chi connectivity index (χ0n) is 10.8. The number of halogens is 2. The Kier molecular flexibility index (Phi) is 5.03. The van der Waals surface area contributed by atoms with Gasteiger partial charge in [-0.1, -0.05) is 29.8 Å².